The summed E-state index contributed by atoms with van der Waals surface area (Å²) in [6, 6.07) is 3.97. The van der Waals surface area contributed by atoms with Crippen LogP contribution in [0.4, 0.5) is 28.4 Å². The van der Waals surface area contributed by atoms with Crippen molar-refractivity contribution < 1.29 is 32.2 Å². The first-order valence-corrected chi connectivity index (χ1v) is 5.05. The number of benzene rings is 1. The first-order valence-electron chi connectivity index (χ1n) is 4.68. The molecule has 0 heterocycles. The van der Waals surface area contributed by atoms with Crippen molar-refractivity contribution in [1.29, 1.82) is 0 Å². The molecule has 0 unspecified atom stereocenters. The Labute approximate surface area is 110 Å². The lowest BCUT2D eigenvalue weighted by atomic mass is 10.3. The molecule has 0 radical (unpaired) electrons. The van der Waals surface area contributed by atoms with Crippen molar-refractivity contribution in [2.24, 2.45) is 0 Å². The molecule has 0 bridgehead atoms. The molecular weight excluding hydrogens is 291 g/mol. The molecule has 1 aromatic rings. The second kappa shape index (κ2) is 5.79. The topological polar surface area (TPSA) is 55.8 Å². The molecule has 0 aliphatic heterocycles. The Morgan fingerprint density at radius 3 is 2.11 bits per heavy atom. The van der Waals surface area contributed by atoms with Gasteiger partial charge >= 0.3 is 17.8 Å². The van der Waals surface area contributed by atoms with Crippen molar-refractivity contribution in [3.8, 4) is 5.75 Å². The number of alkyl halides is 3. The molecule has 0 aliphatic carbocycles. The van der Waals surface area contributed by atoms with Gasteiger partial charge in [-0.2, -0.15) is 0 Å². The molecule has 1 rings (SSSR count). The SMILES string of the molecule is COC(=O)N(C(=O)Cl)c1ccc(OC(F)(F)F)cc1. The van der Waals surface area contributed by atoms with Crippen molar-refractivity contribution >= 4 is 28.7 Å². The predicted molar refractivity (Wildman–Crippen MR) is 59.3 cm³/mol. The van der Waals surface area contributed by atoms with Crippen molar-refractivity contribution in [2.75, 3.05) is 12.0 Å². The van der Waals surface area contributed by atoms with Crippen LogP contribution in [0.3, 0.4) is 0 Å². The summed E-state index contributed by atoms with van der Waals surface area (Å²) in [5.41, 5.74) is -0.0543. The Morgan fingerprint density at radius 1 is 1.21 bits per heavy atom. The molecule has 5 nitrogen and oxygen atoms in total. The van der Waals surface area contributed by atoms with Crippen molar-refractivity contribution in [2.45, 2.75) is 6.36 Å². The van der Waals surface area contributed by atoms with Crippen LogP contribution in [0, 0.1) is 0 Å². The molecule has 0 aliphatic rings. The van der Waals surface area contributed by atoms with E-state index in [0.29, 0.717) is 4.90 Å². The van der Waals surface area contributed by atoms with Gasteiger partial charge in [-0.1, -0.05) is 0 Å². The van der Waals surface area contributed by atoms with Crippen LogP contribution in [0.2, 0.25) is 0 Å². The van der Waals surface area contributed by atoms with E-state index in [1.165, 1.54) is 0 Å². The zero-order chi connectivity index (χ0) is 14.6. The highest BCUT2D eigenvalue weighted by Gasteiger charge is 2.31. The zero-order valence-electron chi connectivity index (χ0n) is 9.40. The lowest BCUT2D eigenvalue weighted by molar-refractivity contribution is -0.274. The number of ether oxygens (including phenoxy) is 2. The fourth-order valence-electron chi connectivity index (χ4n) is 1.17. The molecule has 0 spiro atoms. The van der Waals surface area contributed by atoms with Crippen LogP contribution in [-0.2, 0) is 4.74 Å². The summed E-state index contributed by atoms with van der Waals surface area (Å²) < 4.78 is 43.7. The van der Waals surface area contributed by atoms with E-state index in [1.807, 2.05) is 0 Å². The summed E-state index contributed by atoms with van der Waals surface area (Å²) in [6.07, 6.45) is -5.89. The summed E-state index contributed by atoms with van der Waals surface area (Å²) in [5, 5.41) is -1.16. The maximum absolute atomic E-state index is 11.9. The maximum atomic E-state index is 11.9. The smallest absolute Gasteiger partial charge is 0.452 e. The van der Waals surface area contributed by atoms with Crippen LogP contribution >= 0.6 is 11.6 Å². The number of methoxy groups -OCH3 is 1. The molecule has 1 aromatic carbocycles. The standard InChI is InChI=1S/C10H7ClF3NO4/c1-18-9(17)15(8(11)16)6-2-4-7(5-3-6)19-10(12,13)14/h2-5H,1H3. The van der Waals surface area contributed by atoms with Crippen LogP contribution in [0.1, 0.15) is 0 Å². The fourth-order valence-corrected chi connectivity index (χ4v) is 1.33. The summed E-state index contributed by atoms with van der Waals surface area (Å²) in [7, 11) is 1.02. The Kier molecular flexibility index (Phi) is 4.60. The van der Waals surface area contributed by atoms with Crippen LogP contribution in [-0.4, -0.2) is 24.9 Å². The highest BCUT2D eigenvalue weighted by molar-refractivity contribution is 6.68. The van der Waals surface area contributed by atoms with E-state index < -0.39 is 23.6 Å². The number of rotatable bonds is 2. The third kappa shape index (κ3) is 4.32. The normalized spacial score (nSPS) is 10.8. The molecule has 0 saturated heterocycles. The minimum atomic E-state index is -4.83. The van der Waals surface area contributed by atoms with Gasteiger partial charge in [0.05, 0.1) is 12.8 Å². The van der Waals surface area contributed by atoms with Crippen LogP contribution < -0.4 is 9.64 Å². The Balaban J connectivity index is 2.96. The Bertz CT molecular complexity index is 475. The predicted octanol–water partition coefficient (Wildman–Crippen LogP) is 3.52. The summed E-state index contributed by atoms with van der Waals surface area (Å²) >= 11 is 5.17. The number of carbonyl (C=O) groups excluding carboxylic acids is 2. The van der Waals surface area contributed by atoms with Gasteiger partial charge in [-0.15, -0.1) is 13.2 Å². The van der Waals surface area contributed by atoms with E-state index in [1.54, 1.807) is 0 Å². The number of imide groups is 1. The third-order valence-electron chi connectivity index (χ3n) is 1.86. The molecule has 0 atom stereocenters. The first-order chi connectivity index (χ1) is 8.74. The lowest BCUT2D eigenvalue weighted by Crippen LogP contribution is -2.32. The van der Waals surface area contributed by atoms with Crippen molar-refractivity contribution in [3.63, 3.8) is 0 Å². The molecule has 2 amide bonds. The number of anilines is 1. The molecule has 0 aromatic heterocycles. The van der Waals surface area contributed by atoms with Crippen molar-refractivity contribution in [3.05, 3.63) is 24.3 Å². The number of halogens is 4. The van der Waals surface area contributed by atoms with Gasteiger partial charge in [0.15, 0.2) is 0 Å². The van der Waals surface area contributed by atoms with Gasteiger partial charge in [0.1, 0.15) is 5.75 Å². The second-order valence-electron chi connectivity index (χ2n) is 3.10. The first kappa shape index (κ1) is 15.1. The Morgan fingerprint density at radius 2 is 1.74 bits per heavy atom. The molecular formula is C10H7ClF3NO4. The lowest BCUT2D eigenvalue weighted by Gasteiger charge is -2.16. The molecule has 0 fully saturated rings. The van der Waals surface area contributed by atoms with Gasteiger partial charge in [-0.25, -0.2) is 9.69 Å². The summed E-state index contributed by atoms with van der Waals surface area (Å²) in [4.78, 5) is 22.7. The monoisotopic (exact) mass is 297 g/mol. The van der Waals surface area contributed by atoms with Gasteiger partial charge in [-0.3, -0.25) is 4.79 Å². The zero-order valence-corrected chi connectivity index (χ0v) is 10.2. The average Bonchev–Trinajstić information content (AvgIpc) is 2.29. The van der Waals surface area contributed by atoms with E-state index in [4.69, 9.17) is 11.6 Å². The molecule has 0 saturated carbocycles. The average molecular weight is 298 g/mol. The highest BCUT2D eigenvalue weighted by Crippen LogP contribution is 2.26. The van der Waals surface area contributed by atoms with Crippen LogP contribution in [0.15, 0.2) is 24.3 Å². The third-order valence-corrected chi connectivity index (χ3v) is 2.03. The molecule has 9 heteroatoms. The van der Waals surface area contributed by atoms with Gasteiger partial charge in [0, 0.05) is 0 Å². The van der Waals surface area contributed by atoms with Gasteiger partial charge in [-0.05, 0) is 35.9 Å². The molecule has 19 heavy (non-hydrogen) atoms. The van der Waals surface area contributed by atoms with E-state index in [2.05, 4.69) is 9.47 Å². The molecule has 0 N–H and O–H groups in total. The summed E-state index contributed by atoms with van der Waals surface area (Å²) in [5.74, 6) is -0.497. The van der Waals surface area contributed by atoms with Crippen LogP contribution in [0.25, 0.3) is 0 Å². The van der Waals surface area contributed by atoms with Gasteiger partial charge in [0.25, 0.3) is 0 Å². The highest BCUT2D eigenvalue weighted by atomic mass is 35.5. The largest absolute Gasteiger partial charge is 0.573 e. The Hall–Kier alpha value is -1.96. The van der Waals surface area contributed by atoms with E-state index in [0.717, 1.165) is 31.4 Å². The summed E-state index contributed by atoms with van der Waals surface area (Å²) in [6.45, 7) is 0. The van der Waals surface area contributed by atoms with E-state index >= 15 is 0 Å². The van der Waals surface area contributed by atoms with Gasteiger partial charge in [0.2, 0.25) is 0 Å². The second-order valence-corrected chi connectivity index (χ2v) is 3.42. The molecule has 104 valence electrons. The fraction of sp³-hybridized carbons (Fsp3) is 0.200. The number of carbonyl (C=O) groups is 2. The maximum Gasteiger partial charge on any atom is 0.573 e. The quantitative estimate of drug-likeness (QED) is 0.619. The van der Waals surface area contributed by atoms with E-state index in [9.17, 15) is 22.8 Å². The number of hydrogen-bond donors (Lipinski definition) is 0. The number of nitrogens with zero attached hydrogens (tertiary/aromatic N) is 1. The minimum Gasteiger partial charge on any atom is -0.452 e. The van der Waals surface area contributed by atoms with Crippen LogP contribution in [0.5, 0.6) is 5.75 Å². The minimum absolute atomic E-state index is 0.0543. The number of hydrogen-bond acceptors (Lipinski definition) is 4. The number of amides is 2. The van der Waals surface area contributed by atoms with Gasteiger partial charge < -0.3 is 9.47 Å². The van der Waals surface area contributed by atoms with E-state index in [-0.39, 0.29) is 5.69 Å². The van der Waals surface area contributed by atoms with Crippen molar-refractivity contribution in [1.82, 2.24) is 0 Å².